The second kappa shape index (κ2) is 7.49. The number of hydrogen-bond acceptors (Lipinski definition) is 6. The minimum atomic E-state index is -1.01. The molecule has 0 atom stereocenters. The van der Waals surface area contributed by atoms with Crippen LogP contribution in [0.5, 0.6) is 0 Å². The van der Waals surface area contributed by atoms with Crippen molar-refractivity contribution < 1.29 is 9.90 Å². The zero-order chi connectivity index (χ0) is 19.7. The van der Waals surface area contributed by atoms with Crippen molar-refractivity contribution in [3.8, 4) is 11.4 Å². The van der Waals surface area contributed by atoms with E-state index in [1.807, 2.05) is 18.2 Å². The van der Waals surface area contributed by atoms with E-state index in [1.54, 1.807) is 30.3 Å². The highest BCUT2D eigenvalue weighted by Crippen LogP contribution is 2.26. The summed E-state index contributed by atoms with van der Waals surface area (Å²) < 4.78 is 5.55. The molecule has 0 amide bonds. The Morgan fingerprint density at radius 1 is 1.11 bits per heavy atom. The fraction of sp³-hybridized carbons (Fsp3) is 0.105. The summed E-state index contributed by atoms with van der Waals surface area (Å²) >= 11 is 7.34. The zero-order valence-corrected chi connectivity index (χ0v) is 15.9. The molecule has 0 saturated carbocycles. The topological polar surface area (TPSA) is 98.0 Å². The van der Waals surface area contributed by atoms with Gasteiger partial charge in [0.25, 0.3) is 5.56 Å². The maximum atomic E-state index is 12.8. The van der Waals surface area contributed by atoms with Crippen LogP contribution in [0, 0.1) is 0 Å². The van der Waals surface area contributed by atoms with Gasteiger partial charge < -0.3 is 5.11 Å². The Labute approximate surface area is 168 Å². The maximum Gasteiger partial charge on any atom is 0.309 e. The van der Waals surface area contributed by atoms with Crippen molar-refractivity contribution in [2.75, 3.05) is 0 Å². The number of aromatic nitrogens is 4. The normalized spacial score (nSPS) is 11.0. The van der Waals surface area contributed by atoms with Crippen LogP contribution in [-0.2, 0) is 17.8 Å². The number of rotatable bonds is 5. The van der Waals surface area contributed by atoms with Crippen LogP contribution < -0.4 is 5.56 Å². The van der Waals surface area contributed by atoms with E-state index in [4.69, 9.17) is 11.6 Å². The van der Waals surface area contributed by atoms with Crippen molar-refractivity contribution in [1.29, 1.82) is 0 Å². The smallest absolute Gasteiger partial charge is 0.309 e. The van der Waals surface area contributed by atoms with Gasteiger partial charge in [-0.25, -0.2) is 9.67 Å². The van der Waals surface area contributed by atoms with Crippen LogP contribution in [-0.4, -0.2) is 30.2 Å². The largest absolute Gasteiger partial charge is 0.481 e. The summed E-state index contributed by atoms with van der Waals surface area (Å²) in [5.74, 6) is -0.537. The Kier molecular flexibility index (Phi) is 4.89. The summed E-state index contributed by atoms with van der Waals surface area (Å²) in [6, 6.07) is 14.1. The molecule has 0 aliphatic heterocycles. The Bertz CT molecular complexity index is 1250. The number of carboxylic acids is 1. The van der Waals surface area contributed by atoms with Gasteiger partial charge in [-0.15, -0.1) is 0 Å². The fourth-order valence-electron chi connectivity index (χ4n) is 2.89. The van der Waals surface area contributed by atoms with Crippen LogP contribution in [0.3, 0.4) is 0 Å². The van der Waals surface area contributed by atoms with Crippen LogP contribution in [0.4, 0.5) is 0 Å². The third-order valence-electron chi connectivity index (χ3n) is 4.13. The van der Waals surface area contributed by atoms with Gasteiger partial charge in [-0.05, 0) is 29.7 Å². The fourth-order valence-corrected chi connectivity index (χ4v) is 3.74. The molecule has 2 aromatic carbocycles. The molecule has 7 nitrogen and oxygen atoms in total. The lowest BCUT2D eigenvalue weighted by Gasteiger charge is -2.08. The number of aliphatic carboxylic acids is 1. The Hall–Kier alpha value is -3.10. The van der Waals surface area contributed by atoms with Gasteiger partial charge in [0.05, 0.1) is 29.1 Å². The van der Waals surface area contributed by atoms with Crippen LogP contribution in [0.2, 0.25) is 5.02 Å². The first kappa shape index (κ1) is 18.3. The highest BCUT2D eigenvalue weighted by atomic mass is 35.5. The molecule has 1 N–H and O–H groups in total. The van der Waals surface area contributed by atoms with Gasteiger partial charge in [0.2, 0.25) is 0 Å². The van der Waals surface area contributed by atoms with Gasteiger partial charge >= 0.3 is 5.97 Å². The summed E-state index contributed by atoms with van der Waals surface area (Å²) in [6.07, 6.45) is -0.276. The molecule has 0 unspecified atom stereocenters. The van der Waals surface area contributed by atoms with Gasteiger partial charge in [-0.2, -0.15) is 9.47 Å². The molecular formula is C19H13ClN4O3S. The zero-order valence-electron chi connectivity index (χ0n) is 14.4. The minimum absolute atomic E-state index is 0.0956. The first-order chi connectivity index (χ1) is 13.5. The van der Waals surface area contributed by atoms with E-state index in [0.29, 0.717) is 37.9 Å². The molecule has 9 heteroatoms. The number of hydrogen-bond donors (Lipinski definition) is 1. The molecule has 28 heavy (non-hydrogen) atoms. The average molecular weight is 413 g/mol. The average Bonchev–Trinajstić information content (AvgIpc) is 3.14. The molecule has 0 aliphatic carbocycles. The van der Waals surface area contributed by atoms with Crippen LogP contribution >= 0.6 is 23.1 Å². The van der Waals surface area contributed by atoms with E-state index in [1.165, 1.54) is 4.68 Å². The van der Waals surface area contributed by atoms with E-state index < -0.39 is 5.97 Å². The lowest BCUT2D eigenvalue weighted by atomic mass is 10.1. The molecule has 0 spiro atoms. The summed E-state index contributed by atoms with van der Waals surface area (Å²) in [5, 5.41) is 15.5. The minimum Gasteiger partial charge on any atom is -0.481 e. The molecule has 4 aromatic rings. The van der Waals surface area contributed by atoms with Crippen LogP contribution in [0.25, 0.3) is 22.2 Å². The second-order valence-electron chi connectivity index (χ2n) is 6.02. The lowest BCUT2D eigenvalue weighted by molar-refractivity contribution is -0.136. The van der Waals surface area contributed by atoms with Crippen LogP contribution in [0.1, 0.15) is 10.7 Å². The molecule has 2 heterocycles. The molecule has 4 rings (SSSR count). The van der Waals surface area contributed by atoms with E-state index in [-0.39, 0.29) is 18.5 Å². The molecule has 0 aliphatic rings. The third-order valence-corrected chi connectivity index (χ3v) is 5.16. The van der Waals surface area contributed by atoms with E-state index in [0.717, 1.165) is 11.5 Å². The molecule has 2 aromatic heterocycles. The third kappa shape index (κ3) is 3.51. The standard InChI is InChI=1S/C19H13ClN4O3S/c20-14-8-4-3-7-13(14)18-21-16(28-23-18)10-24-19(27)12-6-2-1-5-11(12)15(22-24)9-17(25)26/h1-8H,9-10H2,(H,25,26). The number of carbonyl (C=O) groups is 1. The summed E-state index contributed by atoms with van der Waals surface area (Å²) in [7, 11) is 0. The van der Waals surface area contributed by atoms with Gasteiger partial charge in [0, 0.05) is 10.9 Å². The highest BCUT2D eigenvalue weighted by Gasteiger charge is 2.15. The Morgan fingerprint density at radius 2 is 1.82 bits per heavy atom. The van der Waals surface area contributed by atoms with Crippen molar-refractivity contribution in [3.05, 3.63) is 74.6 Å². The van der Waals surface area contributed by atoms with E-state index in [9.17, 15) is 14.7 Å². The summed E-state index contributed by atoms with van der Waals surface area (Å²) in [5.41, 5.74) is 0.731. The van der Waals surface area contributed by atoms with Crippen molar-refractivity contribution in [1.82, 2.24) is 19.1 Å². The first-order valence-corrected chi connectivity index (χ1v) is 9.46. The molecule has 140 valence electrons. The lowest BCUT2D eigenvalue weighted by Crippen LogP contribution is -2.26. The second-order valence-corrected chi connectivity index (χ2v) is 7.26. The van der Waals surface area contributed by atoms with Gasteiger partial charge in [-0.1, -0.05) is 41.9 Å². The Balaban J connectivity index is 1.74. The molecule has 0 saturated heterocycles. The maximum absolute atomic E-state index is 12.8. The molecular weight excluding hydrogens is 400 g/mol. The van der Waals surface area contributed by atoms with Crippen LogP contribution in [0.15, 0.2) is 53.3 Å². The quantitative estimate of drug-likeness (QED) is 0.540. The number of fused-ring (bicyclic) bond motifs is 1. The number of benzene rings is 2. The van der Waals surface area contributed by atoms with Crippen molar-refractivity contribution in [2.45, 2.75) is 13.0 Å². The summed E-state index contributed by atoms with van der Waals surface area (Å²) in [4.78, 5) is 28.4. The predicted octanol–water partition coefficient (Wildman–Crippen LogP) is 3.24. The van der Waals surface area contributed by atoms with Crippen molar-refractivity contribution in [2.24, 2.45) is 0 Å². The van der Waals surface area contributed by atoms with Gasteiger partial charge in [0.15, 0.2) is 5.82 Å². The van der Waals surface area contributed by atoms with E-state index >= 15 is 0 Å². The van der Waals surface area contributed by atoms with E-state index in [2.05, 4.69) is 14.5 Å². The Morgan fingerprint density at radius 3 is 2.57 bits per heavy atom. The molecule has 0 bridgehead atoms. The first-order valence-electron chi connectivity index (χ1n) is 8.31. The van der Waals surface area contributed by atoms with Crippen molar-refractivity contribution in [3.63, 3.8) is 0 Å². The molecule has 0 radical (unpaired) electrons. The SMILES string of the molecule is O=C(O)Cc1nn(Cc2nc(-c3ccccc3Cl)ns2)c(=O)c2ccccc12. The summed E-state index contributed by atoms with van der Waals surface area (Å²) in [6.45, 7) is 0.0956. The number of halogens is 1. The monoisotopic (exact) mass is 412 g/mol. The predicted molar refractivity (Wildman–Crippen MR) is 107 cm³/mol. The molecule has 0 fully saturated rings. The van der Waals surface area contributed by atoms with Gasteiger partial charge in [-0.3, -0.25) is 9.59 Å². The highest BCUT2D eigenvalue weighted by molar-refractivity contribution is 7.05. The van der Waals surface area contributed by atoms with Gasteiger partial charge in [0.1, 0.15) is 5.01 Å². The van der Waals surface area contributed by atoms with Crippen molar-refractivity contribution >= 4 is 39.9 Å². The number of carboxylic acid groups (broad SMARTS) is 1. The number of nitrogens with zero attached hydrogens (tertiary/aromatic N) is 4.